The van der Waals surface area contributed by atoms with Crippen molar-refractivity contribution in [2.75, 3.05) is 0 Å². The Morgan fingerprint density at radius 1 is 1.22 bits per heavy atom. The molecule has 18 heavy (non-hydrogen) atoms. The molecule has 1 unspecified atom stereocenters. The van der Waals surface area contributed by atoms with Crippen LogP contribution in [-0.2, 0) is 6.42 Å². The molecule has 0 bridgehead atoms. The predicted octanol–water partition coefficient (Wildman–Crippen LogP) is 3.01. The zero-order valence-electron chi connectivity index (χ0n) is 10.8. The average molecular weight is 261 g/mol. The summed E-state index contributed by atoms with van der Waals surface area (Å²) >= 11 is 1.66. The smallest absolute Gasteiger partial charge is 0.0944 e. The molecule has 0 saturated carbocycles. The number of nitrogens with one attached hydrogen (secondary N) is 1. The number of benzene rings is 1. The van der Waals surface area contributed by atoms with Crippen LogP contribution in [0.15, 0.2) is 35.8 Å². The fourth-order valence-electron chi connectivity index (χ4n) is 1.91. The minimum atomic E-state index is 0.123. The van der Waals surface area contributed by atoms with E-state index in [0.29, 0.717) is 5.92 Å². The van der Waals surface area contributed by atoms with Crippen LogP contribution in [-0.4, -0.2) is 4.98 Å². The number of nitrogens with zero attached hydrogens (tertiary/aromatic N) is 1. The standard InChI is InChI=1S/C14H19N3S/c1-10(2)11-3-5-12(6-4-11)13(17-15)9-14-16-7-8-18-14/h3-8,10,13,17H,9,15H2,1-2H3. The normalized spacial score (nSPS) is 12.9. The van der Waals surface area contributed by atoms with Crippen molar-refractivity contribution in [2.45, 2.75) is 32.2 Å². The number of thiazole rings is 1. The largest absolute Gasteiger partial charge is 0.271 e. The molecule has 0 radical (unpaired) electrons. The summed E-state index contributed by atoms with van der Waals surface area (Å²) in [6, 6.07) is 8.76. The van der Waals surface area contributed by atoms with Gasteiger partial charge in [-0.1, -0.05) is 38.1 Å². The zero-order chi connectivity index (χ0) is 13.0. The molecular formula is C14H19N3S. The molecular weight excluding hydrogens is 242 g/mol. The van der Waals surface area contributed by atoms with Crippen molar-refractivity contribution in [1.82, 2.24) is 10.4 Å². The van der Waals surface area contributed by atoms with Crippen LogP contribution < -0.4 is 11.3 Å². The molecule has 0 spiro atoms. The topological polar surface area (TPSA) is 50.9 Å². The Morgan fingerprint density at radius 3 is 2.39 bits per heavy atom. The average Bonchev–Trinajstić information content (AvgIpc) is 2.89. The van der Waals surface area contributed by atoms with E-state index in [4.69, 9.17) is 5.84 Å². The van der Waals surface area contributed by atoms with Gasteiger partial charge in [0.2, 0.25) is 0 Å². The van der Waals surface area contributed by atoms with Gasteiger partial charge in [0.1, 0.15) is 0 Å². The molecule has 3 nitrogen and oxygen atoms in total. The lowest BCUT2D eigenvalue weighted by Gasteiger charge is -2.16. The van der Waals surface area contributed by atoms with Gasteiger partial charge in [0.05, 0.1) is 11.0 Å². The Kier molecular flexibility index (Phi) is 4.47. The second-order valence-corrected chi connectivity index (χ2v) is 5.65. The van der Waals surface area contributed by atoms with Crippen LogP contribution in [0.5, 0.6) is 0 Å². The first-order chi connectivity index (χ1) is 8.70. The number of nitrogens with two attached hydrogens (primary N) is 1. The summed E-state index contributed by atoms with van der Waals surface area (Å²) in [6.45, 7) is 4.40. The van der Waals surface area contributed by atoms with E-state index in [2.05, 4.69) is 48.5 Å². The molecule has 0 saturated heterocycles. The SMILES string of the molecule is CC(C)c1ccc(C(Cc2nccs2)NN)cc1. The molecule has 3 N–H and O–H groups in total. The minimum absolute atomic E-state index is 0.123. The maximum atomic E-state index is 5.65. The van der Waals surface area contributed by atoms with Gasteiger partial charge in [-0.2, -0.15) is 0 Å². The van der Waals surface area contributed by atoms with Gasteiger partial charge in [0.25, 0.3) is 0 Å². The molecule has 1 atom stereocenters. The molecule has 2 rings (SSSR count). The van der Waals surface area contributed by atoms with Crippen LogP contribution >= 0.6 is 11.3 Å². The molecule has 0 aliphatic carbocycles. The lowest BCUT2D eigenvalue weighted by atomic mass is 9.98. The summed E-state index contributed by atoms with van der Waals surface area (Å²) in [5.41, 5.74) is 5.43. The highest BCUT2D eigenvalue weighted by Gasteiger charge is 2.12. The summed E-state index contributed by atoms with van der Waals surface area (Å²) < 4.78 is 0. The first-order valence-corrected chi connectivity index (χ1v) is 7.03. The van der Waals surface area contributed by atoms with Crippen LogP contribution in [0.1, 0.15) is 41.9 Å². The summed E-state index contributed by atoms with van der Waals surface area (Å²) in [4.78, 5) is 4.30. The maximum absolute atomic E-state index is 5.65. The van der Waals surface area contributed by atoms with Crippen LogP contribution in [0.4, 0.5) is 0 Å². The Bertz CT molecular complexity index is 462. The van der Waals surface area contributed by atoms with E-state index in [1.54, 1.807) is 11.3 Å². The predicted molar refractivity (Wildman–Crippen MR) is 76.4 cm³/mol. The first kappa shape index (κ1) is 13.2. The van der Waals surface area contributed by atoms with Crippen molar-refractivity contribution in [3.05, 3.63) is 52.0 Å². The lowest BCUT2D eigenvalue weighted by Crippen LogP contribution is -2.29. The fourth-order valence-corrected chi connectivity index (χ4v) is 2.58. The summed E-state index contributed by atoms with van der Waals surface area (Å²) in [7, 11) is 0. The van der Waals surface area contributed by atoms with Crippen LogP contribution in [0.25, 0.3) is 0 Å². The highest BCUT2D eigenvalue weighted by molar-refractivity contribution is 7.09. The van der Waals surface area contributed by atoms with Crippen LogP contribution in [0.3, 0.4) is 0 Å². The third kappa shape index (κ3) is 3.16. The highest BCUT2D eigenvalue weighted by Crippen LogP contribution is 2.21. The fraction of sp³-hybridized carbons (Fsp3) is 0.357. The third-order valence-corrected chi connectivity index (χ3v) is 3.87. The Morgan fingerprint density at radius 2 is 1.89 bits per heavy atom. The van der Waals surface area contributed by atoms with E-state index in [1.165, 1.54) is 11.1 Å². The maximum Gasteiger partial charge on any atom is 0.0944 e. The van der Waals surface area contributed by atoms with E-state index < -0.39 is 0 Å². The van der Waals surface area contributed by atoms with Crippen molar-refractivity contribution < 1.29 is 0 Å². The quantitative estimate of drug-likeness (QED) is 0.642. The molecule has 1 heterocycles. The van der Waals surface area contributed by atoms with Gasteiger partial charge in [-0.05, 0) is 17.0 Å². The van der Waals surface area contributed by atoms with Gasteiger partial charge in [-0.15, -0.1) is 11.3 Å². The van der Waals surface area contributed by atoms with Crippen LogP contribution in [0, 0.1) is 0 Å². The first-order valence-electron chi connectivity index (χ1n) is 6.15. The molecule has 0 aliphatic rings. The number of hydrazine groups is 1. The van der Waals surface area contributed by atoms with Gasteiger partial charge >= 0.3 is 0 Å². The minimum Gasteiger partial charge on any atom is -0.271 e. The van der Waals surface area contributed by atoms with Gasteiger partial charge in [-0.3, -0.25) is 11.3 Å². The summed E-state index contributed by atoms with van der Waals surface area (Å²) in [5, 5.41) is 3.09. The van der Waals surface area contributed by atoms with E-state index >= 15 is 0 Å². The Labute approximate surface area is 112 Å². The Balaban J connectivity index is 2.12. The number of aromatic nitrogens is 1. The molecule has 4 heteroatoms. The van der Waals surface area contributed by atoms with Crippen molar-refractivity contribution >= 4 is 11.3 Å². The van der Waals surface area contributed by atoms with Gasteiger partial charge in [0, 0.05) is 18.0 Å². The second kappa shape index (κ2) is 6.09. The molecule has 2 aromatic rings. The van der Waals surface area contributed by atoms with Gasteiger partial charge in [0.15, 0.2) is 0 Å². The summed E-state index contributed by atoms with van der Waals surface area (Å²) in [5.74, 6) is 6.20. The van der Waals surface area contributed by atoms with Crippen molar-refractivity contribution in [1.29, 1.82) is 0 Å². The molecule has 0 amide bonds. The van der Waals surface area contributed by atoms with E-state index in [-0.39, 0.29) is 6.04 Å². The third-order valence-electron chi connectivity index (χ3n) is 3.07. The number of rotatable bonds is 5. The van der Waals surface area contributed by atoms with E-state index in [0.717, 1.165) is 11.4 Å². The molecule has 1 aromatic heterocycles. The van der Waals surface area contributed by atoms with Crippen molar-refractivity contribution in [3.8, 4) is 0 Å². The van der Waals surface area contributed by atoms with Crippen molar-refractivity contribution in [2.24, 2.45) is 5.84 Å². The number of hydrogen-bond donors (Lipinski definition) is 2. The number of hydrogen-bond acceptors (Lipinski definition) is 4. The molecule has 0 fully saturated rings. The van der Waals surface area contributed by atoms with E-state index in [1.807, 2.05) is 11.6 Å². The van der Waals surface area contributed by atoms with E-state index in [9.17, 15) is 0 Å². The highest BCUT2D eigenvalue weighted by atomic mass is 32.1. The summed E-state index contributed by atoms with van der Waals surface area (Å²) in [6.07, 6.45) is 2.66. The zero-order valence-corrected chi connectivity index (χ0v) is 11.6. The van der Waals surface area contributed by atoms with Gasteiger partial charge < -0.3 is 0 Å². The van der Waals surface area contributed by atoms with Gasteiger partial charge in [-0.25, -0.2) is 4.98 Å². The lowest BCUT2D eigenvalue weighted by molar-refractivity contribution is 0.550. The Hall–Kier alpha value is -1.23. The van der Waals surface area contributed by atoms with Crippen molar-refractivity contribution in [3.63, 3.8) is 0 Å². The molecule has 1 aromatic carbocycles. The van der Waals surface area contributed by atoms with Crippen LogP contribution in [0.2, 0.25) is 0 Å². The molecule has 0 aliphatic heterocycles. The molecule has 96 valence electrons. The second-order valence-electron chi connectivity index (χ2n) is 4.67. The monoisotopic (exact) mass is 261 g/mol.